The molecule has 26 heavy (non-hydrogen) atoms. The van der Waals surface area contributed by atoms with E-state index in [4.69, 9.17) is 9.47 Å². The predicted octanol–water partition coefficient (Wildman–Crippen LogP) is 5.14. The first-order valence-corrected chi connectivity index (χ1v) is 8.49. The Bertz CT molecular complexity index is 871. The van der Waals surface area contributed by atoms with Crippen LogP contribution in [0.15, 0.2) is 46.9 Å². The lowest BCUT2D eigenvalue weighted by Crippen LogP contribution is -1.98. The molecule has 0 saturated heterocycles. The molecule has 3 rings (SSSR count). The highest BCUT2D eigenvalue weighted by atomic mass is 32.2. The smallest absolute Gasteiger partial charge is 0.446 e. The summed E-state index contributed by atoms with van der Waals surface area (Å²) >= 11 is -0.167. The highest BCUT2D eigenvalue weighted by Crippen LogP contribution is 2.40. The van der Waals surface area contributed by atoms with Gasteiger partial charge in [-0.2, -0.15) is 13.2 Å². The van der Waals surface area contributed by atoms with Crippen molar-refractivity contribution in [2.24, 2.45) is 0 Å². The Hall–Kier alpha value is -2.41. The van der Waals surface area contributed by atoms with Crippen molar-refractivity contribution < 1.29 is 27.4 Å². The lowest BCUT2D eigenvalue weighted by Gasteiger charge is -2.10. The number of carbonyl (C=O) groups excluding carboxylic acids is 1. The van der Waals surface area contributed by atoms with Gasteiger partial charge in [0.15, 0.2) is 17.3 Å². The van der Waals surface area contributed by atoms with Gasteiger partial charge in [0.1, 0.15) is 0 Å². The molecule has 0 fully saturated rings. The van der Waals surface area contributed by atoms with E-state index in [1.54, 1.807) is 30.3 Å². The fraction of sp³-hybridized carbons (Fsp3) is 0.211. The van der Waals surface area contributed by atoms with Crippen LogP contribution in [0.5, 0.6) is 11.5 Å². The van der Waals surface area contributed by atoms with E-state index < -0.39 is 5.51 Å². The molecule has 2 aromatic carbocycles. The molecule has 0 aromatic heterocycles. The molecule has 0 heterocycles. The van der Waals surface area contributed by atoms with Crippen molar-refractivity contribution in [1.29, 1.82) is 0 Å². The standard InChI is InChI=1S/C19H15F3O3S/c1-24-16-8-7-14-15(18(16)25-2)10-12(17(14)23)9-11-3-5-13(6-4-11)26-19(20,21)22/h3-9H,10H2,1-2H3/b12-9+. The molecule has 0 aliphatic heterocycles. The van der Waals surface area contributed by atoms with E-state index in [2.05, 4.69) is 0 Å². The molecule has 0 spiro atoms. The maximum atomic E-state index is 12.6. The van der Waals surface area contributed by atoms with E-state index in [0.29, 0.717) is 34.6 Å². The minimum atomic E-state index is -4.32. The third-order valence-electron chi connectivity index (χ3n) is 4.01. The first-order chi connectivity index (χ1) is 12.3. The molecule has 136 valence electrons. The Morgan fingerprint density at radius 2 is 1.73 bits per heavy atom. The van der Waals surface area contributed by atoms with Crippen LogP contribution in [0.3, 0.4) is 0 Å². The molecule has 0 bridgehead atoms. The molecule has 3 nitrogen and oxygen atoms in total. The topological polar surface area (TPSA) is 35.5 Å². The minimum Gasteiger partial charge on any atom is -0.493 e. The summed E-state index contributed by atoms with van der Waals surface area (Å²) in [5.41, 5.74) is -1.79. The molecule has 0 amide bonds. The summed E-state index contributed by atoms with van der Waals surface area (Å²) in [7, 11) is 3.04. The van der Waals surface area contributed by atoms with Crippen LogP contribution in [-0.4, -0.2) is 25.5 Å². The number of Topliss-reactive ketones (excluding diaryl/α,β-unsaturated/α-hetero) is 1. The van der Waals surface area contributed by atoms with Gasteiger partial charge in [-0.25, -0.2) is 0 Å². The second kappa shape index (κ2) is 7.07. The third-order valence-corrected chi connectivity index (χ3v) is 4.75. The quantitative estimate of drug-likeness (QED) is 0.544. The largest absolute Gasteiger partial charge is 0.493 e. The molecule has 0 atom stereocenters. The molecule has 0 radical (unpaired) electrons. The number of benzene rings is 2. The molecule has 7 heteroatoms. The van der Waals surface area contributed by atoms with Gasteiger partial charge in [-0.05, 0) is 47.7 Å². The highest BCUT2D eigenvalue weighted by molar-refractivity contribution is 8.00. The van der Waals surface area contributed by atoms with E-state index in [1.165, 1.54) is 26.4 Å². The number of halogens is 3. The van der Waals surface area contributed by atoms with Crippen LogP contribution in [0.4, 0.5) is 13.2 Å². The molecule has 1 aliphatic rings. The Morgan fingerprint density at radius 1 is 1.04 bits per heavy atom. The number of alkyl halides is 3. The van der Waals surface area contributed by atoms with Gasteiger partial charge in [0.2, 0.25) is 0 Å². The number of methoxy groups -OCH3 is 2. The van der Waals surface area contributed by atoms with Crippen LogP contribution >= 0.6 is 11.8 Å². The third kappa shape index (κ3) is 3.72. The monoisotopic (exact) mass is 380 g/mol. The van der Waals surface area contributed by atoms with Gasteiger partial charge in [0.05, 0.1) is 14.2 Å². The van der Waals surface area contributed by atoms with Gasteiger partial charge in [0, 0.05) is 28.0 Å². The summed E-state index contributed by atoms with van der Waals surface area (Å²) in [5.74, 6) is 0.960. The van der Waals surface area contributed by atoms with E-state index in [-0.39, 0.29) is 22.4 Å². The number of allylic oxidation sites excluding steroid dienone is 1. The van der Waals surface area contributed by atoms with Gasteiger partial charge in [0.25, 0.3) is 0 Å². The predicted molar refractivity (Wildman–Crippen MR) is 93.9 cm³/mol. The average molecular weight is 380 g/mol. The number of hydrogen-bond acceptors (Lipinski definition) is 4. The second-order valence-corrected chi connectivity index (χ2v) is 6.76. The zero-order valence-electron chi connectivity index (χ0n) is 14.0. The van der Waals surface area contributed by atoms with Crippen molar-refractivity contribution >= 4 is 23.6 Å². The normalized spacial score (nSPS) is 15.3. The zero-order chi connectivity index (χ0) is 18.9. The second-order valence-electron chi connectivity index (χ2n) is 5.62. The maximum Gasteiger partial charge on any atom is 0.446 e. The fourth-order valence-corrected chi connectivity index (χ4v) is 3.45. The zero-order valence-corrected chi connectivity index (χ0v) is 14.8. The summed E-state index contributed by atoms with van der Waals surface area (Å²) in [5, 5.41) is 0. The Kier molecular flexibility index (Phi) is 5.00. The highest BCUT2D eigenvalue weighted by Gasteiger charge is 2.30. The van der Waals surface area contributed by atoms with E-state index in [0.717, 1.165) is 5.56 Å². The number of fused-ring (bicyclic) bond motifs is 1. The summed E-state index contributed by atoms with van der Waals surface area (Å²) in [6.07, 6.45) is 2.07. The molecule has 2 aromatic rings. The number of hydrogen-bond donors (Lipinski definition) is 0. The van der Waals surface area contributed by atoms with Crippen molar-refractivity contribution in [3.8, 4) is 11.5 Å². The Morgan fingerprint density at radius 3 is 2.31 bits per heavy atom. The molecular weight excluding hydrogens is 365 g/mol. The van der Waals surface area contributed by atoms with Crippen molar-refractivity contribution in [1.82, 2.24) is 0 Å². The lowest BCUT2D eigenvalue weighted by atomic mass is 10.1. The van der Waals surface area contributed by atoms with Crippen LogP contribution in [0.1, 0.15) is 21.5 Å². The minimum absolute atomic E-state index is 0.104. The van der Waals surface area contributed by atoms with Gasteiger partial charge in [-0.1, -0.05) is 12.1 Å². The van der Waals surface area contributed by atoms with Crippen LogP contribution in [0.2, 0.25) is 0 Å². The van der Waals surface area contributed by atoms with Crippen LogP contribution < -0.4 is 9.47 Å². The average Bonchev–Trinajstić information content (AvgIpc) is 2.90. The summed E-state index contributed by atoms with van der Waals surface area (Å²) in [6.45, 7) is 0. The van der Waals surface area contributed by atoms with Crippen LogP contribution in [-0.2, 0) is 6.42 Å². The number of ketones is 1. The van der Waals surface area contributed by atoms with Crippen molar-refractivity contribution in [2.45, 2.75) is 16.8 Å². The van der Waals surface area contributed by atoms with Gasteiger partial charge in [-0.15, -0.1) is 0 Å². The maximum absolute atomic E-state index is 12.6. The number of thioether (sulfide) groups is 1. The SMILES string of the molecule is COc1ccc2c(c1OC)C/C(=C\c1ccc(SC(F)(F)F)cc1)C2=O. The first kappa shape index (κ1) is 18.4. The van der Waals surface area contributed by atoms with Gasteiger partial charge in [-0.3, -0.25) is 4.79 Å². The summed E-state index contributed by atoms with van der Waals surface area (Å²) in [6, 6.07) is 9.29. The Labute approximate surface area is 152 Å². The molecule has 0 unspecified atom stereocenters. The van der Waals surface area contributed by atoms with Crippen LogP contribution in [0.25, 0.3) is 6.08 Å². The number of ether oxygens (including phenoxy) is 2. The number of carbonyl (C=O) groups is 1. The van der Waals surface area contributed by atoms with E-state index >= 15 is 0 Å². The molecule has 0 saturated carbocycles. The van der Waals surface area contributed by atoms with Crippen molar-refractivity contribution in [3.05, 3.63) is 58.7 Å². The summed E-state index contributed by atoms with van der Waals surface area (Å²) < 4.78 is 47.8. The molecule has 1 aliphatic carbocycles. The van der Waals surface area contributed by atoms with Gasteiger partial charge >= 0.3 is 5.51 Å². The van der Waals surface area contributed by atoms with Crippen LogP contribution in [0, 0.1) is 0 Å². The molecule has 0 N–H and O–H groups in total. The number of rotatable bonds is 4. The van der Waals surface area contributed by atoms with Gasteiger partial charge < -0.3 is 9.47 Å². The molecular formula is C19H15F3O3S. The first-order valence-electron chi connectivity index (χ1n) is 7.67. The van der Waals surface area contributed by atoms with E-state index in [1.807, 2.05) is 0 Å². The van der Waals surface area contributed by atoms with Crippen molar-refractivity contribution in [3.63, 3.8) is 0 Å². The fourth-order valence-electron chi connectivity index (χ4n) is 2.91. The Balaban J connectivity index is 1.88. The summed E-state index contributed by atoms with van der Waals surface area (Å²) in [4.78, 5) is 12.7. The lowest BCUT2D eigenvalue weighted by molar-refractivity contribution is -0.0328. The van der Waals surface area contributed by atoms with Crippen molar-refractivity contribution in [2.75, 3.05) is 14.2 Å². The van der Waals surface area contributed by atoms with E-state index in [9.17, 15) is 18.0 Å².